The fourth-order valence-electron chi connectivity index (χ4n) is 4.83. The molecule has 0 heterocycles. The van der Waals surface area contributed by atoms with Crippen molar-refractivity contribution >= 4 is 15.9 Å². The molecule has 0 fully saturated rings. The van der Waals surface area contributed by atoms with Crippen LogP contribution < -0.4 is 4.74 Å². The van der Waals surface area contributed by atoms with Crippen molar-refractivity contribution in [2.75, 3.05) is 171 Å². The van der Waals surface area contributed by atoms with Gasteiger partial charge in [0.1, 0.15) is 12.4 Å². The molecule has 0 aromatic heterocycles. The van der Waals surface area contributed by atoms with E-state index in [-0.39, 0.29) is 0 Å². The minimum absolute atomic E-state index is 0.510. The van der Waals surface area contributed by atoms with E-state index in [9.17, 15) is 0 Å². The third-order valence-corrected chi connectivity index (χ3v) is 8.13. The summed E-state index contributed by atoms with van der Waals surface area (Å²) in [5, 5.41) is 0.837. The molecule has 0 aliphatic rings. The Kier molecular flexibility index (Phi) is 43.3. The Bertz CT molecular complexity index is 856. The van der Waals surface area contributed by atoms with E-state index < -0.39 is 0 Å². The largest absolute Gasteiger partial charge is 0.491 e. The first-order valence-corrected chi connectivity index (χ1v) is 21.7. The van der Waals surface area contributed by atoms with Crippen LogP contribution in [-0.4, -0.2) is 171 Å². The summed E-state index contributed by atoms with van der Waals surface area (Å²) < 4.78 is 71.6. The molecule has 0 bridgehead atoms. The first kappa shape index (κ1) is 52.0. The summed E-state index contributed by atoms with van der Waals surface area (Å²) >= 11 is 3.31. The fourth-order valence-corrected chi connectivity index (χ4v) is 5.06. The SMILES string of the molecule is CCCCCCCCCc1ccc(OCCOCCOCCOCCOCCOCCOCCOCCOCCOCCOCCOCCOCCBr)cc1. The van der Waals surface area contributed by atoms with E-state index in [2.05, 4.69) is 47.1 Å². The predicted molar refractivity (Wildman–Crippen MR) is 217 cm³/mol. The maximum absolute atomic E-state index is 5.79. The molecule has 14 heteroatoms. The van der Waals surface area contributed by atoms with Crippen LogP contribution in [-0.2, 0) is 63.3 Å². The summed E-state index contributed by atoms with van der Waals surface area (Å²) in [5.41, 5.74) is 1.38. The average molecular weight is 856 g/mol. The summed E-state index contributed by atoms with van der Waals surface area (Å²) in [5.74, 6) is 0.886. The van der Waals surface area contributed by atoms with E-state index in [1.54, 1.807) is 0 Å². The van der Waals surface area contributed by atoms with Crippen LogP contribution in [0.3, 0.4) is 0 Å². The summed E-state index contributed by atoms with van der Waals surface area (Å²) in [4.78, 5) is 0. The van der Waals surface area contributed by atoms with E-state index in [1.165, 1.54) is 50.5 Å². The molecule has 0 aliphatic heterocycles. The zero-order chi connectivity index (χ0) is 39.2. The Morgan fingerprint density at radius 1 is 0.327 bits per heavy atom. The lowest BCUT2D eigenvalue weighted by Gasteiger charge is -2.09. The van der Waals surface area contributed by atoms with Gasteiger partial charge in [0.05, 0.1) is 159 Å². The molecule has 55 heavy (non-hydrogen) atoms. The molecule has 13 nitrogen and oxygen atoms in total. The number of alkyl halides is 1. The van der Waals surface area contributed by atoms with E-state index >= 15 is 0 Å². The van der Waals surface area contributed by atoms with Crippen molar-refractivity contribution in [2.24, 2.45) is 0 Å². The summed E-state index contributed by atoms with van der Waals surface area (Å²) in [7, 11) is 0. The second-order valence-electron chi connectivity index (χ2n) is 12.4. The molecule has 0 saturated carbocycles. The van der Waals surface area contributed by atoms with Gasteiger partial charge >= 0.3 is 0 Å². The first-order chi connectivity index (χ1) is 27.4. The number of ether oxygens (including phenoxy) is 13. The van der Waals surface area contributed by atoms with Crippen LogP contribution >= 0.6 is 15.9 Å². The lowest BCUT2D eigenvalue weighted by Crippen LogP contribution is -2.15. The van der Waals surface area contributed by atoms with Gasteiger partial charge in [-0.15, -0.1) is 0 Å². The fraction of sp³-hybridized carbons (Fsp3) is 0.854. The van der Waals surface area contributed by atoms with Gasteiger partial charge in [-0.25, -0.2) is 0 Å². The molecule has 0 radical (unpaired) electrons. The molecule has 1 rings (SSSR count). The minimum Gasteiger partial charge on any atom is -0.491 e. The lowest BCUT2D eigenvalue weighted by molar-refractivity contribution is -0.0284. The quantitative estimate of drug-likeness (QED) is 0.0568. The highest BCUT2D eigenvalue weighted by Crippen LogP contribution is 2.15. The number of halogens is 1. The molecule has 324 valence electrons. The zero-order valence-corrected chi connectivity index (χ0v) is 35.6. The van der Waals surface area contributed by atoms with Crippen molar-refractivity contribution in [3.63, 3.8) is 0 Å². The Morgan fingerprint density at radius 2 is 0.600 bits per heavy atom. The van der Waals surface area contributed by atoms with Crippen molar-refractivity contribution in [2.45, 2.75) is 58.3 Å². The molecule has 0 saturated heterocycles. The Labute approximate surface area is 341 Å². The van der Waals surface area contributed by atoms with Crippen LogP contribution in [0.15, 0.2) is 24.3 Å². The summed E-state index contributed by atoms with van der Waals surface area (Å²) in [6.07, 6.45) is 10.5. The van der Waals surface area contributed by atoms with Crippen LogP contribution in [0.2, 0.25) is 0 Å². The minimum atomic E-state index is 0.510. The summed E-state index contributed by atoms with van der Waals surface area (Å²) in [6.45, 7) is 15.6. The average Bonchev–Trinajstić information content (AvgIpc) is 3.20. The molecule has 0 atom stereocenters. The molecule has 1 aromatic rings. The van der Waals surface area contributed by atoms with E-state index in [0.717, 1.165) is 17.5 Å². The second kappa shape index (κ2) is 45.7. The van der Waals surface area contributed by atoms with Crippen LogP contribution in [0.25, 0.3) is 0 Å². The lowest BCUT2D eigenvalue weighted by atomic mass is 10.0. The number of aryl methyl sites for hydroxylation is 1. The second-order valence-corrected chi connectivity index (χ2v) is 13.2. The van der Waals surface area contributed by atoms with Crippen molar-refractivity contribution in [3.8, 4) is 5.75 Å². The van der Waals surface area contributed by atoms with Crippen LogP contribution in [0.5, 0.6) is 5.75 Å². The Hall–Kier alpha value is -0.980. The van der Waals surface area contributed by atoms with Crippen molar-refractivity contribution in [3.05, 3.63) is 29.8 Å². The molecule has 0 spiro atoms. The smallest absolute Gasteiger partial charge is 0.119 e. The van der Waals surface area contributed by atoms with Gasteiger partial charge in [-0.1, -0.05) is 73.5 Å². The van der Waals surface area contributed by atoms with Gasteiger partial charge in [-0.05, 0) is 30.5 Å². The highest BCUT2D eigenvalue weighted by atomic mass is 79.9. The maximum atomic E-state index is 5.79. The number of rotatable bonds is 47. The molecular weight excluding hydrogens is 780 g/mol. The maximum Gasteiger partial charge on any atom is 0.119 e. The first-order valence-electron chi connectivity index (χ1n) is 20.6. The van der Waals surface area contributed by atoms with Crippen LogP contribution in [0.4, 0.5) is 0 Å². The van der Waals surface area contributed by atoms with Gasteiger partial charge in [-0.2, -0.15) is 0 Å². The standard InChI is InChI=1S/C41H75BrO13/c1-2-3-4-5-6-7-8-9-40-10-12-41(13-11-40)55-39-38-54-37-36-53-35-34-52-33-32-51-31-30-50-29-28-49-27-26-48-25-24-47-23-22-46-21-20-45-19-18-44-17-16-43-15-14-42/h10-13H,2-9,14-39H2,1H3. The van der Waals surface area contributed by atoms with Gasteiger partial charge in [-0.3, -0.25) is 0 Å². The molecule has 0 amide bonds. The Morgan fingerprint density at radius 3 is 0.909 bits per heavy atom. The van der Waals surface area contributed by atoms with Crippen molar-refractivity contribution < 1.29 is 61.6 Å². The van der Waals surface area contributed by atoms with Gasteiger partial charge in [0.15, 0.2) is 0 Å². The number of unbranched alkanes of at least 4 members (excludes halogenated alkanes) is 6. The number of benzene rings is 1. The molecule has 0 unspecified atom stereocenters. The monoisotopic (exact) mass is 854 g/mol. The van der Waals surface area contributed by atoms with E-state index in [1.807, 2.05) is 0 Å². The highest BCUT2D eigenvalue weighted by molar-refractivity contribution is 9.09. The number of hydrogen-bond acceptors (Lipinski definition) is 13. The number of hydrogen-bond donors (Lipinski definition) is 0. The van der Waals surface area contributed by atoms with E-state index in [4.69, 9.17) is 61.6 Å². The van der Waals surface area contributed by atoms with Crippen molar-refractivity contribution in [1.29, 1.82) is 0 Å². The van der Waals surface area contributed by atoms with Crippen LogP contribution in [0.1, 0.15) is 57.4 Å². The molecule has 0 aliphatic carbocycles. The van der Waals surface area contributed by atoms with E-state index in [0.29, 0.717) is 165 Å². The van der Waals surface area contributed by atoms with Gasteiger partial charge < -0.3 is 61.6 Å². The third kappa shape index (κ3) is 41.0. The molecular formula is C41H75BrO13. The van der Waals surface area contributed by atoms with Crippen molar-refractivity contribution in [1.82, 2.24) is 0 Å². The zero-order valence-electron chi connectivity index (χ0n) is 34.0. The normalized spacial score (nSPS) is 11.5. The third-order valence-electron chi connectivity index (χ3n) is 7.80. The summed E-state index contributed by atoms with van der Waals surface area (Å²) in [6, 6.07) is 8.45. The molecule has 0 N–H and O–H groups in total. The van der Waals surface area contributed by atoms with Gasteiger partial charge in [0.25, 0.3) is 0 Å². The van der Waals surface area contributed by atoms with Crippen LogP contribution in [0, 0.1) is 0 Å². The Balaban J connectivity index is 1.67. The predicted octanol–water partition coefficient (Wildman–Crippen LogP) is 5.95. The highest BCUT2D eigenvalue weighted by Gasteiger charge is 2.00. The van der Waals surface area contributed by atoms with Gasteiger partial charge in [0, 0.05) is 5.33 Å². The molecule has 1 aromatic carbocycles. The topological polar surface area (TPSA) is 120 Å². The van der Waals surface area contributed by atoms with Gasteiger partial charge in [0.2, 0.25) is 0 Å².